The quantitative estimate of drug-likeness (QED) is 0.638. The molecule has 0 bridgehead atoms. The van der Waals surface area contributed by atoms with Crippen LogP contribution in [0.15, 0.2) is 18.2 Å². The predicted octanol–water partition coefficient (Wildman–Crippen LogP) is 3.20. The number of carbonyl (C=O) groups is 1. The van der Waals surface area contributed by atoms with Crippen LogP contribution in [0.3, 0.4) is 0 Å². The number of carboxylic acids is 1. The molecule has 2 N–H and O–H groups in total. The summed E-state index contributed by atoms with van der Waals surface area (Å²) in [5.41, 5.74) is -0.480. The van der Waals surface area contributed by atoms with Gasteiger partial charge in [-0.25, -0.2) is 0 Å². The molecule has 6 heteroatoms. The van der Waals surface area contributed by atoms with Crippen LogP contribution in [0.25, 0.3) is 0 Å². The van der Waals surface area contributed by atoms with Crippen molar-refractivity contribution in [3.63, 3.8) is 0 Å². The molecule has 0 amide bonds. The van der Waals surface area contributed by atoms with Gasteiger partial charge in [-0.3, -0.25) is 14.9 Å². The summed E-state index contributed by atoms with van der Waals surface area (Å²) in [5, 5.41) is 23.2. The summed E-state index contributed by atoms with van der Waals surface area (Å²) in [7, 11) is 0. The molecule has 0 aliphatic rings. The fraction of sp³-hybridized carbons (Fsp3) is 0.500. The van der Waals surface area contributed by atoms with Gasteiger partial charge in [0.1, 0.15) is 0 Å². The van der Waals surface area contributed by atoms with Crippen molar-refractivity contribution in [3.05, 3.63) is 33.9 Å². The van der Waals surface area contributed by atoms with Crippen LogP contribution >= 0.6 is 0 Å². The molecule has 6 nitrogen and oxygen atoms in total. The van der Waals surface area contributed by atoms with Gasteiger partial charge in [0.25, 0.3) is 5.69 Å². The fourth-order valence-corrected chi connectivity index (χ4v) is 1.72. The number of nitro benzene ring substituents is 1. The molecule has 0 radical (unpaired) electrons. The average Bonchev–Trinajstić information content (AvgIpc) is 2.27. The Hall–Kier alpha value is -2.11. The second-order valence-corrected chi connectivity index (χ2v) is 5.94. The van der Waals surface area contributed by atoms with Gasteiger partial charge < -0.3 is 10.4 Å². The Kier molecular flexibility index (Phi) is 4.07. The smallest absolute Gasteiger partial charge is 0.311 e. The Morgan fingerprint density at radius 3 is 2.25 bits per heavy atom. The van der Waals surface area contributed by atoms with E-state index in [9.17, 15) is 20.0 Å². The highest BCUT2D eigenvalue weighted by molar-refractivity contribution is 5.76. The fourth-order valence-electron chi connectivity index (χ4n) is 1.72. The van der Waals surface area contributed by atoms with Gasteiger partial charge in [-0.1, -0.05) is 0 Å². The van der Waals surface area contributed by atoms with E-state index in [1.807, 2.05) is 0 Å². The Bertz CT molecular complexity index is 550. The maximum absolute atomic E-state index is 11.3. The molecule has 0 fully saturated rings. The molecule has 0 spiro atoms. The normalized spacial score (nSPS) is 12.1. The first-order valence-electron chi connectivity index (χ1n) is 6.25. The Morgan fingerprint density at radius 1 is 1.30 bits per heavy atom. The van der Waals surface area contributed by atoms with Gasteiger partial charge in [-0.15, -0.1) is 0 Å². The lowest BCUT2D eigenvalue weighted by Gasteiger charge is -2.39. The molecule has 1 aromatic rings. The van der Waals surface area contributed by atoms with Gasteiger partial charge in [-0.2, -0.15) is 0 Å². The Labute approximate surface area is 118 Å². The minimum atomic E-state index is -0.997. The zero-order chi connectivity index (χ0) is 15.7. The number of carboxylic acid groups (broad SMARTS) is 1. The molecule has 0 saturated heterocycles. The van der Waals surface area contributed by atoms with Crippen LogP contribution in [-0.4, -0.2) is 21.5 Å². The summed E-state index contributed by atoms with van der Waals surface area (Å²) in [6, 6.07) is 4.66. The molecule has 0 aliphatic carbocycles. The lowest BCUT2D eigenvalue weighted by Crippen LogP contribution is -2.50. The van der Waals surface area contributed by atoms with Crippen molar-refractivity contribution in [1.82, 2.24) is 0 Å². The van der Waals surface area contributed by atoms with Crippen molar-refractivity contribution in [2.24, 2.45) is 5.41 Å². The van der Waals surface area contributed by atoms with Crippen LogP contribution in [-0.2, 0) is 4.79 Å². The molecular formula is C14H20N2O4. The molecule has 0 atom stereocenters. The van der Waals surface area contributed by atoms with Crippen LogP contribution in [0, 0.1) is 22.5 Å². The Balaban J connectivity index is 3.08. The lowest BCUT2D eigenvalue weighted by atomic mass is 9.74. The van der Waals surface area contributed by atoms with E-state index in [4.69, 9.17) is 0 Å². The van der Waals surface area contributed by atoms with Gasteiger partial charge in [0.2, 0.25) is 0 Å². The van der Waals surface area contributed by atoms with Crippen LogP contribution in [0.5, 0.6) is 0 Å². The minimum absolute atomic E-state index is 0.0471. The number of anilines is 1. The van der Waals surface area contributed by atoms with Gasteiger partial charge in [-0.05, 0) is 46.8 Å². The first-order valence-corrected chi connectivity index (χ1v) is 6.25. The SMILES string of the molecule is Cc1cc(NC(C)(C)C(C)(C)C(=O)O)ccc1[N+](=O)[O-]. The molecule has 0 heterocycles. The number of hydrogen-bond donors (Lipinski definition) is 2. The second kappa shape index (κ2) is 5.11. The van der Waals surface area contributed by atoms with E-state index in [2.05, 4.69) is 5.32 Å². The molecule has 110 valence electrons. The third kappa shape index (κ3) is 2.89. The first kappa shape index (κ1) is 15.9. The van der Waals surface area contributed by atoms with Crippen LogP contribution in [0.4, 0.5) is 11.4 Å². The molecule has 0 aromatic heterocycles. The molecule has 0 aliphatic heterocycles. The van der Waals surface area contributed by atoms with Crippen molar-refractivity contribution in [2.75, 3.05) is 5.32 Å². The summed E-state index contributed by atoms with van der Waals surface area (Å²) in [6.07, 6.45) is 0. The highest BCUT2D eigenvalue weighted by Gasteiger charge is 2.43. The third-order valence-corrected chi connectivity index (χ3v) is 3.95. The maximum atomic E-state index is 11.3. The van der Waals surface area contributed by atoms with Crippen LogP contribution in [0.1, 0.15) is 33.3 Å². The minimum Gasteiger partial charge on any atom is -0.481 e. The summed E-state index contributed by atoms with van der Waals surface area (Å²) in [4.78, 5) is 21.7. The number of nitrogens with zero attached hydrogens (tertiary/aromatic N) is 1. The number of rotatable bonds is 5. The summed E-state index contributed by atoms with van der Waals surface area (Å²) < 4.78 is 0. The van der Waals surface area contributed by atoms with E-state index < -0.39 is 21.8 Å². The molecule has 1 aromatic carbocycles. The molecule has 0 unspecified atom stereocenters. The summed E-state index contributed by atoms with van der Waals surface area (Å²) in [5.74, 6) is -0.909. The van der Waals surface area contributed by atoms with Crippen LogP contribution in [0.2, 0.25) is 0 Å². The van der Waals surface area contributed by atoms with E-state index in [-0.39, 0.29) is 5.69 Å². The lowest BCUT2D eigenvalue weighted by molar-refractivity contribution is -0.385. The third-order valence-electron chi connectivity index (χ3n) is 3.95. The number of benzene rings is 1. The van der Waals surface area contributed by atoms with E-state index >= 15 is 0 Å². The topological polar surface area (TPSA) is 92.5 Å². The number of aryl methyl sites for hydroxylation is 1. The van der Waals surface area contributed by atoms with E-state index in [1.165, 1.54) is 6.07 Å². The van der Waals surface area contributed by atoms with Crippen molar-refractivity contribution < 1.29 is 14.8 Å². The number of aliphatic carboxylic acids is 1. The van der Waals surface area contributed by atoms with E-state index in [0.717, 1.165) is 0 Å². The molecule has 1 rings (SSSR count). The van der Waals surface area contributed by atoms with Crippen LogP contribution < -0.4 is 5.32 Å². The molecule has 20 heavy (non-hydrogen) atoms. The van der Waals surface area contributed by atoms with Gasteiger partial charge in [0, 0.05) is 22.9 Å². The predicted molar refractivity (Wildman–Crippen MR) is 77.0 cm³/mol. The standard InChI is InChI=1S/C14H20N2O4/c1-9-8-10(6-7-11(9)16(19)20)15-14(4,5)13(2,3)12(17)18/h6-8,15H,1-5H3,(H,17,18). The van der Waals surface area contributed by atoms with Crippen molar-refractivity contribution in [1.29, 1.82) is 0 Å². The van der Waals surface area contributed by atoms with Crippen molar-refractivity contribution in [3.8, 4) is 0 Å². The number of hydrogen-bond acceptors (Lipinski definition) is 4. The largest absolute Gasteiger partial charge is 0.481 e. The first-order chi connectivity index (χ1) is 8.99. The van der Waals surface area contributed by atoms with Gasteiger partial charge in [0.15, 0.2) is 0 Å². The second-order valence-electron chi connectivity index (χ2n) is 5.94. The van der Waals surface area contributed by atoms with Crippen molar-refractivity contribution >= 4 is 17.3 Å². The van der Waals surface area contributed by atoms with E-state index in [0.29, 0.717) is 11.3 Å². The van der Waals surface area contributed by atoms with E-state index in [1.54, 1.807) is 46.8 Å². The Morgan fingerprint density at radius 2 is 1.85 bits per heavy atom. The zero-order valence-electron chi connectivity index (χ0n) is 12.4. The monoisotopic (exact) mass is 280 g/mol. The molecular weight excluding hydrogens is 260 g/mol. The van der Waals surface area contributed by atoms with Gasteiger partial charge >= 0.3 is 5.97 Å². The average molecular weight is 280 g/mol. The van der Waals surface area contributed by atoms with Gasteiger partial charge in [0.05, 0.1) is 10.3 Å². The molecule has 0 saturated carbocycles. The summed E-state index contributed by atoms with van der Waals surface area (Å²) >= 11 is 0. The summed E-state index contributed by atoms with van der Waals surface area (Å²) in [6.45, 7) is 8.51. The number of nitrogens with one attached hydrogen (secondary N) is 1. The maximum Gasteiger partial charge on any atom is 0.311 e. The highest BCUT2D eigenvalue weighted by atomic mass is 16.6. The highest BCUT2D eigenvalue weighted by Crippen LogP contribution is 2.34. The van der Waals surface area contributed by atoms with Crippen molar-refractivity contribution in [2.45, 2.75) is 40.2 Å². The number of nitro groups is 1. The zero-order valence-corrected chi connectivity index (χ0v) is 12.4.